The minimum atomic E-state index is -1.40. The van der Waals surface area contributed by atoms with Gasteiger partial charge in [-0.3, -0.25) is 9.69 Å². The third kappa shape index (κ3) is 5.47. The Hall–Kier alpha value is -1.83. The van der Waals surface area contributed by atoms with Gasteiger partial charge in [0.1, 0.15) is 6.04 Å². The third-order valence-electron chi connectivity index (χ3n) is 1.69. The summed E-state index contributed by atoms with van der Waals surface area (Å²) in [5, 5.41) is 25.4. The van der Waals surface area contributed by atoms with Gasteiger partial charge >= 0.3 is 18.0 Å². The highest BCUT2D eigenvalue weighted by Gasteiger charge is 2.26. The Bertz CT molecular complexity index is 254. The Labute approximate surface area is 85.7 Å². The molecule has 0 radical (unpaired) electrons. The molecule has 1 amide bonds. The summed E-state index contributed by atoms with van der Waals surface area (Å²) < 4.78 is 0. The summed E-state index contributed by atoms with van der Waals surface area (Å²) >= 11 is 0. The van der Waals surface area contributed by atoms with Gasteiger partial charge in [0.05, 0.1) is 0 Å². The monoisotopic (exact) mass is 222 g/mol. The molecule has 0 aromatic rings. The first-order valence-electron chi connectivity index (χ1n) is 3.76. The van der Waals surface area contributed by atoms with Crippen molar-refractivity contribution in [2.75, 3.05) is 7.05 Å². The molecule has 6 N–H and O–H groups in total. The number of carbonyl (C=O) groups is 3. The van der Waals surface area contributed by atoms with Crippen LogP contribution in [-0.4, -0.2) is 51.3 Å². The van der Waals surface area contributed by atoms with Crippen LogP contribution in [0.3, 0.4) is 0 Å². The Kier molecular flexibility index (Phi) is 6.88. The van der Waals surface area contributed by atoms with Gasteiger partial charge in [-0.2, -0.15) is 0 Å². The van der Waals surface area contributed by atoms with E-state index in [0.29, 0.717) is 4.90 Å². The van der Waals surface area contributed by atoms with Gasteiger partial charge in [0.2, 0.25) is 0 Å². The van der Waals surface area contributed by atoms with Crippen molar-refractivity contribution in [2.45, 2.75) is 18.9 Å². The molecule has 0 aliphatic carbocycles. The van der Waals surface area contributed by atoms with Crippen LogP contribution in [0.1, 0.15) is 12.8 Å². The van der Waals surface area contributed by atoms with E-state index in [2.05, 4.69) is 0 Å². The fourth-order valence-corrected chi connectivity index (χ4v) is 0.876. The largest absolute Gasteiger partial charge is 0.481 e. The number of carboxylic acids is 2. The second-order valence-corrected chi connectivity index (χ2v) is 2.68. The van der Waals surface area contributed by atoms with Crippen molar-refractivity contribution in [3.63, 3.8) is 0 Å². The van der Waals surface area contributed by atoms with Crippen molar-refractivity contribution in [3.8, 4) is 0 Å². The van der Waals surface area contributed by atoms with Gasteiger partial charge < -0.3 is 21.5 Å². The smallest absolute Gasteiger partial charge is 0.407 e. The Morgan fingerprint density at radius 1 is 1.20 bits per heavy atom. The molecule has 0 aliphatic heterocycles. The molecular weight excluding hydrogens is 208 g/mol. The molecule has 0 spiro atoms. The molecule has 0 saturated heterocycles. The first-order valence-corrected chi connectivity index (χ1v) is 3.76. The standard InChI is InChI=1S/C7H11NO6.H3N/c1-8(7(13)14)4(6(11)12)2-3-5(9)10;/h4H,2-3H2,1H3,(H,9,10)(H,11,12)(H,13,14);1H3. The summed E-state index contributed by atoms with van der Waals surface area (Å²) in [7, 11) is 1.09. The van der Waals surface area contributed by atoms with E-state index in [1.165, 1.54) is 0 Å². The zero-order valence-electron chi connectivity index (χ0n) is 8.21. The number of rotatable bonds is 5. The molecule has 15 heavy (non-hydrogen) atoms. The molecule has 88 valence electrons. The zero-order valence-corrected chi connectivity index (χ0v) is 8.21. The normalized spacial score (nSPS) is 11.0. The van der Waals surface area contributed by atoms with Crippen LogP contribution in [0.5, 0.6) is 0 Å². The molecular formula is C7H14N2O6. The molecule has 8 heteroatoms. The van der Waals surface area contributed by atoms with E-state index in [0.717, 1.165) is 7.05 Å². The maximum Gasteiger partial charge on any atom is 0.407 e. The van der Waals surface area contributed by atoms with Gasteiger partial charge in [0.25, 0.3) is 0 Å². The second-order valence-electron chi connectivity index (χ2n) is 2.68. The van der Waals surface area contributed by atoms with E-state index in [-0.39, 0.29) is 19.0 Å². The first-order chi connectivity index (χ1) is 6.36. The molecule has 0 saturated carbocycles. The third-order valence-corrected chi connectivity index (χ3v) is 1.69. The van der Waals surface area contributed by atoms with Gasteiger partial charge in [-0.25, -0.2) is 9.59 Å². The highest BCUT2D eigenvalue weighted by Crippen LogP contribution is 2.05. The van der Waals surface area contributed by atoms with E-state index in [9.17, 15) is 14.4 Å². The molecule has 0 rings (SSSR count). The van der Waals surface area contributed by atoms with Gasteiger partial charge in [0.15, 0.2) is 0 Å². The number of hydrogen-bond donors (Lipinski definition) is 4. The van der Waals surface area contributed by atoms with Crippen molar-refractivity contribution in [1.82, 2.24) is 11.1 Å². The fourth-order valence-electron chi connectivity index (χ4n) is 0.876. The molecule has 0 bridgehead atoms. The van der Waals surface area contributed by atoms with E-state index in [1.807, 2.05) is 0 Å². The van der Waals surface area contributed by atoms with Crippen LogP contribution in [0.15, 0.2) is 0 Å². The van der Waals surface area contributed by atoms with Crippen molar-refractivity contribution < 1.29 is 29.7 Å². The summed E-state index contributed by atoms with van der Waals surface area (Å²) in [6.07, 6.45) is -2.02. The van der Waals surface area contributed by atoms with E-state index >= 15 is 0 Å². The number of nitrogens with zero attached hydrogens (tertiary/aromatic N) is 1. The molecule has 0 aromatic heterocycles. The number of aliphatic carboxylic acids is 2. The Morgan fingerprint density at radius 3 is 1.93 bits per heavy atom. The molecule has 0 aromatic carbocycles. The molecule has 0 fully saturated rings. The van der Waals surface area contributed by atoms with Crippen LogP contribution in [-0.2, 0) is 9.59 Å². The van der Waals surface area contributed by atoms with Gasteiger partial charge in [-0.1, -0.05) is 0 Å². The molecule has 1 unspecified atom stereocenters. The number of carboxylic acid groups (broad SMARTS) is 3. The van der Waals surface area contributed by atoms with E-state index < -0.39 is 24.1 Å². The summed E-state index contributed by atoms with van der Waals surface area (Å²) in [4.78, 5) is 31.7. The highest BCUT2D eigenvalue weighted by atomic mass is 16.4. The van der Waals surface area contributed by atoms with Crippen molar-refractivity contribution in [2.24, 2.45) is 0 Å². The number of likely N-dealkylation sites (N-methyl/N-ethyl adjacent to an activating group) is 1. The van der Waals surface area contributed by atoms with Crippen LogP contribution >= 0.6 is 0 Å². The van der Waals surface area contributed by atoms with Crippen molar-refractivity contribution >= 4 is 18.0 Å². The quantitative estimate of drug-likeness (QED) is 0.514. The number of hydrogen-bond acceptors (Lipinski definition) is 4. The lowest BCUT2D eigenvalue weighted by Crippen LogP contribution is -2.41. The molecule has 1 atom stereocenters. The summed E-state index contributed by atoms with van der Waals surface area (Å²) in [6.45, 7) is 0. The number of amides is 1. The van der Waals surface area contributed by atoms with Crippen LogP contribution in [0.25, 0.3) is 0 Å². The van der Waals surface area contributed by atoms with E-state index in [4.69, 9.17) is 15.3 Å². The fraction of sp³-hybridized carbons (Fsp3) is 0.571. The molecule has 0 aliphatic rings. The van der Waals surface area contributed by atoms with Gasteiger partial charge in [-0.05, 0) is 6.42 Å². The Morgan fingerprint density at radius 2 is 1.67 bits per heavy atom. The lowest BCUT2D eigenvalue weighted by Gasteiger charge is -2.20. The summed E-state index contributed by atoms with van der Waals surface area (Å²) in [6, 6.07) is -1.32. The molecule has 8 nitrogen and oxygen atoms in total. The summed E-state index contributed by atoms with van der Waals surface area (Å²) in [5.41, 5.74) is 0. The zero-order chi connectivity index (χ0) is 11.3. The SMILES string of the molecule is CN(C(=O)O)C(CCC(=O)O)C(=O)O.N. The van der Waals surface area contributed by atoms with Gasteiger partial charge in [0, 0.05) is 13.5 Å². The van der Waals surface area contributed by atoms with Crippen LogP contribution < -0.4 is 6.15 Å². The maximum absolute atomic E-state index is 10.6. The first kappa shape index (κ1) is 15.6. The minimum Gasteiger partial charge on any atom is -0.481 e. The van der Waals surface area contributed by atoms with E-state index in [1.54, 1.807) is 0 Å². The highest BCUT2D eigenvalue weighted by molar-refractivity contribution is 5.79. The topological polar surface area (TPSA) is 150 Å². The predicted octanol–water partition coefficient (Wildman–Crippen LogP) is 0.0762. The second kappa shape index (κ2) is 6.60. The Balaban J connectivity index is 0. The van der Waals surface area contributed by atoms with Crippen molar-refractivity contribution in [3.05, 3.63) is 0 Å². The van der Waals surface area contributed by atoms with Gasteiger partial charge in [-0.15, -0.1) is 0 Å². The van der Waals surface area contributed by atoms with Crippen LogP contribution in [0, 0.1) is 0 Å². The van der Waals surface area contributed by atoms with Crippen LogP contribution in [0.4, 0.5) is 4.79 Å². The maximum atomic E-state index is 10.6. The average molecular weight is 222 g/mol. The average Bonchev–Trinajstić information content (AvgIpc) is 2.02. The predicted molar refractivity (Wildman–Crippen MR) is 49.1 cm³/mol. The van der Waals surface area contributed by atoms with Crippen molar-refractivity contribution in [1.29, 1.82) is 0 Å². The lowest BCUT2D eigenvalue weighted by atomic mass is 10.1. The van der Waals surface area contributed by atoms with Crippen LogP contribution in [0.2, 0.25) is 0 Å². The lowest BCUT2D eigenvalue weighted by molar-refractivity contribution is -0.143. The molecule has 0 heterocycles. The summed E-state index contributed by atoms with van der Waals surface area (Å²) in [5.74, 6) is -2.51. The minimum absolute atomic E-state index is 0.